The van der Waals surface area contributed by atoms with Crippen molar-refractivity contribution in [2.45, 2.75) is 71.6 Å². The van der Waals surface area contributed by atoms with Gasteiger partial charge in [0.05, 0.1) is 17.8 Å². The maximum absolute atomic E-state index is 12.5. The number of aromatic nitrogens is 1. The lowest BCUT2D eigenvalue weighted by Crippen LogP contribution is -2.23. The lowest BCUT2D eigenvalue weighted by Gasteiger charge is -2.14. The van der Waals surface area contributed by atoms with Gasteiger partial charge in [0.1, 0.15) is 5.56 Å². The summed E-state index contributed by atoms with van der Waals surface area (Å²) >= 11 is 0. The van der Waals surface area contributed by atoms with Crippen molar-refractivity contribution in [1.82, 2.24) is 4.98 Å². The molecule has 0 spiro atoms. The number of hydrogen-bond acceptors (Lipinski definition) is 4. The number of rotatable bonds is 13. The molecule has 1 heterocycles. The first kappa shape index (κ1) is 22.0. The largest absolute Gasteiger partial charge is 0.462 e. The molecule has 2 rings (SSSR count). The summed E-state index contributed by atoms with van der Waals surface area (Å²) in [5, 5.41) is 4.17. The number of anilines is 1. The third-order valence-electron chi connectivity index (χ3n) is 4.98. The lowest BCUT2D eigenvalue weighted by molar-refractivity contribution is 0.0525. The number of aromatic amines is 1. The number of ether oxygens (including phenoxy) is 1. The normalized spacial score (nSPS) is 10.9. The molecular formula is C23H34N2O3. The molecule has 2 aromatic rings. The maximum Gasteiger partial charge on any atom is 0.345 e. The van der Waals surface area contributed by atoms with Crippen molar-refractivity contribution in [2.75, 3.05) is 18.5 Å². The SMILES string of the molecule is CCCCCCCCCCCNc1c(C(=O)OCC)c(=O)[nH]c2ccccc12. The van der Waals surface area contributed by atoms with E-state index in [-0.39, 0.29) is 12.2 Å². The van der Waals surface area contributed by atoms with E-state index in [2.05, 4.69) is 17.2 Å². The van der Waals surface area contributed by atoms with Crippen LogP contribution in [0.5, 0.6) is 0 Å². The number of carbonyl (C=O) groups is 1. The molecule has 1 aromatic heterocycles. The van der Waals surface area contributed by atoms with Gasteiger partial charge in [0, 0.05) is 11.9 Å². The molecule has 2 N–H and O–H groups in total. The van der Waals surface area contributed by atoms with E-state index in [1.165, 1.54) is 44.9 Å². The number of benzene rings is 1. The van der Waals surface area contributed by atoms with Gasteiger partial charge in [0.2, 0.25) is 0 Å². The molecule has 0 amide bonds. The summed E-state index contributed by atoms with van der Waals surface area (Å²) in [6, 6.07) is 7.52. The Kier molecular flexibility index (Phi) is 9.60. The second kappa shape index (κ2) is 12.2. The number of unbranched alkanes of at least 4 members (excludes halogenated alkanes) is 8. The minimum Gasteiger partial charge on any atom is -0.462 e. The van der Waals surface area contributed by atoms with Crippen molar-refractivity contribution in [1.29, 1.82) is 0 Å². The zero-order valence-corrected chi connectivity index (χ0v) is 17.3. The number of pyridine rings is 1. The average molecular weight is 387 g/mol. The van der Waals surface area contributed by atoms with Crippen molar-refractivity contribution in [3.63, 3.8) is 0 Å². The molecule has 0 saturated carbocycles. The van der Waals surface area contributed by atoms with Crippen molar-refractivity contribution in [3.8, 4) is 0 Å². The van der Waals surface area contributed by atoms with Gasteiger partial charge in [-0.2, -0.15) is 0 Å². The molecule has 0 radical (unpaired) electrons. The van der Waals surface area contributed by atoms with Crippen LogP contribution in [-0.2, 0) is 4.74 Å². The fourth-order valence-corrected chi connectivity index (χ4v) is 3.47. The van der Waals surface area contributed by atoms with Gasteiger partial charge in [-0.1, -0.05) is 76.5 Å². The Hall–Kier alpha value is -2.30. The number of fused-ring (bicyclic) bond motifs is 1. The number of H-pyrrole nitrogens is 1. The molecule has 28 heavy (non-hydrogen) atoms. The highest BCUT2D eigenvalue weighted by atomic mass is 16.5. The number of carbonyl (C=O) groups excluding carboxylic acids is 1. The van der Waals surface area contributed by atoms with Crippen LogP contribution in [0.1, 0.15) is 82.0 Å². The molecule has 0 unspecified atom stereocenters. The second-order valence-electron chi connectivity index (χ2n) is 7.23. The molecule has 154 valence electrons. The zero-order valence-electron chi connectivity index (χ0n) is 17.3. The Morgan fingerprint density at radius 2 is 1.61 bits per heavy atom. The highest BCUT2D eigenvalue weighted by Gasteiger charge is 2.20. The summed E-state index contributed by atoms with van der Waals surface area (Å²) in [7, 11) is 0. The van der Waals surface area contributed by atoms with E-state index in [0.29, 0.717) is 5.69 Å². The monoisotopic (exact) mass is 386 g/mol. The topological polar surface area (TPSA) is 71.2 Å². The summed E-state index contributed by atoms with van der Waals surface area (Å²) in [5.74, 6) is -0.580. The summed E-state index contributed by atoms with van der Waals surface area (Å²) in [6.07, 6.45) is 11.3. The van der Waals surface area contributed by atoms with Gasteiger partial charge in [-0.05, 0) is 19.4 Å². The predicted octanol–water partition coefficient (Wildman–Crippen LogP) is 5.65. The standard InChI is InChI=1S/C23H34N2O3/c1-3-5-6-7-8-9-10-11-14-17-24-21-18-15-12-13-16-19(18)25-22(26)20(21)23(27)28-4-2/h12-13,15-16H,3-11,14,17H2,1-2H3,(H2,24,25,26). The summed E-state index contributed by atoms with van der Waals surface area (Å²) in [5.41, 5.74) is 0.954. The molecule has 0 aliphatic heterocycles. The Bertz CT molecular complexity index is 798. The van der Waals surface area contributed by atoms with E-state index in [1.54, 1.807) is 6.92 Å². The van der Waals surface area contributed by atoms with Crippen molar-refractivity contribution >= 4 is 22.6 Å². The average Bonchev–Trinajstić information content (AvgIpc) is 2.69. The van der Waals surface area contributed by atoms with Crippen molar-refractivity contribution in [3.05, 3.63) is 40.2 Å². The fraction of sp³-hybridized carbons (Fsp3) is 0.565. The second-order valence-corrected chi connectivity index (χ2v) is 7.23. The maximum atomic E-state index is 12.5. The van der Waals surface area contributed by atoms with Crippen LogP contribution in [0, 0.1) is 0 Å². The number of nitrogens with one attached hydrogen (secondary N) is 2. The molecule has 0 saturated heterocycles. The highest BCUT2D eigenvalue weighted by molar-refractivity contribution is 6.04. The molecule has 5 nitrogen and oxygen atoms in total. The van der Waals surface area contributed by atoms with Gasteiger partial charge in [0.25, 0.3) is 5.56 Å². The molecule has 0 atom stereocenters. The van der Waals surface area contributed by atoms with Crippen LogP contribution in [0.3, 0.4) is 0 Å². The van der Waals surface area contributed by atoms with E-state index in [0.717, 1.165) is 30.3 Å². The lowest BCUT2D eigenvalue weighted by atomic mass is 10.1. The van der Waals surface area contributed by atoms with E-state index in [1.807, 2.05) is 24.3 Å². The van der Waals surface area contributed by atoms with Crippen molar-refractivity contribution < 1.29 is 9.53 Å². The van der Waals surface area contributed by atoms with E-state index in [4.69, 9.17) is 4.74 Å². The van der Waals surface area contributed by atoms with Gasteiger partial charge in [-0.3, -0.25) is 4.79 Å². The first-order valence-electron chi connectivity index (χ1n) is 10.7. The highest BCUT2D eigenvalue weighted by Crippen LogP contribution is 2.24. The van der Waals surface area contributed by atoms with Crippen LogP contribution >= 0.6 is 0 Å². The van der Waals surface area contributed by atoms with Crippen LogP contribution < -0.4 is 10.9 Å². The minimum absolute atomic E-state index is 0.0662. The first-order chi connectivity index (χ1) is 13.7. The molecule has 5 heteroatoms. The van der Waals surface area contributed by atoms with Crippen LogP contribution in [0.4, 0.5) is 5.69 Å². The van der Waals surface area contributed by atoms with Gasteiger partial charge in [-0.15, -0.1) is 0 Å². The molecule has 1 aromatic carbocycles. The van der Waals surface area contributed by atoms with Gasteiger partial charge in [-0.25, -0.2) is 4.79 Å². The smallest absolute Gasteiger partial charge is 0.345 e. The summed E-state index contributed by atoms with van der Waals surface area (Å²) in [4.78, 5) is 27.6. The third kappa shape index (κ3) is 6.39. The Balaban J connectivity index is 1.94. The quantitative estimate of drug-likeness (QED) is 0.345. The van der Waals surface area contributed by atoms with E-state index < -0.39 is 11.5 Å². The van der Waals surface area contributed by atoms with E-state index >= 15 is 0 Å². The fourth-order valence-electron chi connectivity index (χ4n) is 3.47. The Morgan fingerprint density at radius 3 is 2.29 bits per heavy atom. The third-order valence-corrected chi connectivity index (χ3v) is 4.98. The minimum atomic E-state index is -0.580. The molecular weight excluding hydrogens is 352 g/mol. The Labute approximate surface area is 167 Å². The van der Waals surface area contributed by atoms with Crippen LogP contribution in [-0.4, -0.2) is 24.1 Å². The van der Waals surface area contributed by atoms with Crippen LogP contribution in [0.15, 0.2) is 29.1 Å². The van der Waals surface area contributed by atoms with Gasteiger partial charge < -0.3 is 15.0 Å². The first-order valence-corrected chi connectivity index (χ1v) is 10.7. The molecule has 0 aliphatic carbocycles. The predicted molar refractivity (Wildman–Crippen MR) is 116 cm³/mol. The molecule has 0 aliphatic rings. The van der Waals surface area contributed by atoms with E-state index in [9.17, 15) is 9.59 Å². The van der Waals surface area contributed by atoms with Crippen LogP contribution in [0.2, 0.25) is 0 Å². The zero-order chi connectivity index (χ0) is 20.2. The summed E-state index contributed by atoms with van der Waals surface area (Å²) in [6.45, 7) is 4.95. The molecule has 0 bridgehead atoms. The number of para-hydroxylation sites is 1. The van der Waals surface area contributed by atoms with Gasteiger partial charge >= 0.3 is 5.97 Å². The number of hydrogen-bond donors (Lipinski definition) is 2. The van der Waals surface area contributed by atoms with Crippen LogP contribution in [0.25, 0.3) is 10.9 Å². The summed E-state index contributed by atoms with van der Waals surface area (Å²) < 4.78 is 5.10. The molecule has 0 fully saturated rings. The Morgan fingerprint density at radius 1 is 0.964 bits per heavy atom. The van der Waals surface area contributed by atoms with Gasteiger partial charge in [0.15, 0.2) is 0 Å². The van der Waals surface area contributed by atoms with Crippen molar-refractivity contribution in [2.24, 2.45) is 0 Å². The number of esters is 1.